The van der Waals surface area contributed by atoms with Crippen LogP contribution in [0.3, 0.4) is 0 Å². The van der Waals surface area contributed by atoms with Gasteiger partial charge in [0.25, 0.3) is 0 Å². The van der Waals surface area contributed by atoms with Gasteiger partial charge in [0.05, 0.1) is 17.9 Å². The Balaban J connectivity index is 0.000000202. The second kappa shape index (κ2) is 19.6. The van der Waals surface area contributed by atoms with E-state index in [0.717, 1.165) is 34.3 Å². The summed E-state index contributed by atoms with van der Waals surface area (Å²) in [5.74, 6) is 3.01. The molecule has 0 aliphatic carbocycles. The average molecular weight is 769 g/mol. The minimum atomic E-state index is -0.303. The molecule has 0 unspecified atom stereocenters. The monoisotopic (exact) mass is 768 g/mol. The van der Waals surface area contributed by atoms with Crippen molar-refractivity contribution in [3.63, 3.8) is 0 Å². The normalized spacial score (nSPS) is 10.8. The van der Waals surface area contributed by atoms with Gasteiger partial charge < -0.3 is 29.6 Å². The standard InChI is InChI=1S/C20H22N4O3.C11H10N2O.C9H13ClN2O2/c1-20(2,3)17-12-19(27-24-17)23-18(25)13-22-14-4-6-15(7-5-14)26-16-8-10-21-11-9-16;12-9-1-3-10(4-2-9)14-11-5-7-13-8-6-11;1-9(2,3)6-4-8(14-12-6)11-7(13)5-10/h4-12,22H,13H2,1-3H3,(H,23,25);1-8H,12H2;4H,5H2,1-3H3,(H,11,13). The van der Waals surface area contributed by atoms with Crippen molar-refractivity contribution in [3.8, 4) is 23.0 Å². The number of nitrogens with zero attached hydrogens (tertiary/aromatic N) is 4. The molecule has 2 amide bonds. The molecule has 6 rings (SSSR count). The molecule has 0 fully saturated rings. The molecule has 0 aliphatic rings. The van der Waals surface area contributed by atoms with E-state index in [1.54, 1.807) is 73.3 Å². The third kappa shape index (κ3) is 14.5. The zero-order chi connectivity index (χ0) is 39.8. The Hall–Kier alpha value is -6.41. The molecule has 5 N–H and O–H groups in total. The molecule has 0 saturated carbocycles. The van der Waals surface area contributed by atoms with Crippen molar-refractivity contribution in [3.05, 3.63) is 121 Å². The van der Waals surface area contributed by atoms with Crippen molar-refractivity contribution >= 4 is 46.6 Å². The van der Waals surface area contributed by atoms with Crippen LogP contribution in [-0.4, -0.2) is 44.5 Å². The van der Waals surface area contributed by atoms with E-state index in [1.165, 1.54) is 0 Å². The first-order valence-electron chi connectivity index (χ1n) is 17.1. The highest BCUT2D eigenvalue weighted by Crippen LogP contribution is 2.26. The van der Waals surface area contributed by atoms with Gasteiger partial charge in [-0.25, -0.2) is 0 Å². The summed E-state index contributed by atoms with van der Waals surface area (Å²) in [7, 11) is 0. The summed E-state index contributed by atoms with van der Waals surface area (Å²) in [6.45, 7) is 12.2. The van der Waals surface area contributed by atoms with Gasteiger partial charge in [-0.05, 0) is 72.8 Å². The molecule has 0 saturated heterocycles. The number of amides is 2. The van der Waals surface area contributed by atoms with Crippen molar-refractivity contribution in [2.45, 2.75) is 52.4 Å². The number of hydrogen-bond acceptors (Lipinski definition) is 12. The van der Waals surface area contributed by atoms with Crippen molar-refractivity contribution in [1.82, 2.24) is 20.3 Å². The van der Waals surface area contributed by atoms with Crippen molar-refractivity contribution in [2.75, 3.05) is 34.1 Å². The van der Waals surface area contributed by atoms with Crippen LogP contribution in [0.1, 0.15) is 52.9 Å². The smallest absolute Gasteiger partial charge is 0.246 e. The van der Waals surface area contributed by atoms with Crippen LogP contribution in [0, 0.1) is 0 Å². The summed E-state index contributed by atoms with van der Waals surface area (Å²) in [4.78, 5) is 30.8. The van der Waals surface area contributed by atoms with Gasteiger partial charge in [-0.15, -0.1) is 11.6 Å². The van der Waals surface area contributed by atoms with E-state index < -0.39 is 0 Å². The van der Waals surface area contributed by atoms with E-state index in [0.29, 0.717) is 23.3 Å². The largest absolute Gasteiger partial charge is 0.457 e. The van der Waals surface area contributed by atoms with Crippen LogP contribution >= 0.6 is 11.6 Å². The third-order valence-electron chi connectivity index (χ3n) is 7.16. The van der Waals surface area contributed by atoms with Crippen LogP contribution in [0.2, 0.25) is 0 Å². The predicted octanol–water partition coefficient (Wildman–Crippen LogP) is 8.82. The second-order valence-corrected chi connectivity index (χ2v) is 14.2. The highest BCUT2D eigenvalue weighted by atomic mass is 35.5. The molecule has 0 spiro atoms. The number of hydrogen-bond donors (Lipinski definition) is 4. The number of aromatic nitrogens is 4. The fourth-order valence-corrected chi connectivity index (χ4v) is 4.24. The lowest BCUT2D eigenvalue weighted by atomic mass is 9.92. The number of anilines is 4. The van der Waals surface area contributed by atoms with E-state index in [1.807, 2.05) is 77.9 Å². The summed E-state index contributed by atoms with van der Waals surface area (Å²) in [6.07, 6.45) is 6.71. The molecular formula is C40H45ClN8O6. The van der Waals surface area contributed by atoms with E-state index in [4.69, 9.17) is 35.9 Å². The molecule has 4 heterocycles. The number of nitrogens with two attached hydrogens (primary N) is 1. The van der Waals surface area contributed by atoms with Crippen molar-refractivity contribution in [2.24, 2.45) is 0 Å². The van der Waals surface area contributed by atoms with Gasteiger partial charge in [-0.3, -0.25) is 30.2 Å². The number of alkyl halides is 1. The summed E-state index contributed by atoms with van der Waals surface area (Å²) in [5, 5.41) is 16.0. The van der Waals surface area contributed by atoms with Gasteiger partial charge in [-0.1, -0.05) is 51.9 Å². The zero-order valence-electron chi connectivity index (χ0n) is 31.5. The molecule has 0 aliphatic heterocycles. The maximum Gasteiger partial charge on any atom is 0.246 e. The minimum Gasteiger partial charge on any atom is -0.457 e. The Kier molecular flexibility index (Phi) is 14.7. The fraction of sp³-hybridized carbons (Fsp3) is 0.250. The van der Waals surface area contributed by atoms with Crippen molar-refractivity contribution < 1.29 is 28.1 Å². The highest BCUT2D eigenvalue weighted by molar-refractivity contribution is 6.28. The van der Waals surface area contributed by atoms with E-state index >= 15 is 0 Å². The molecule has 288 valence electrons. The van der Waals surface area contributed by atoms with Crippen LogP contribution in [0.5, 0.6) is 23.0 Å². The molecule has 55 heavy (non-hydrogen) atoms. The summed E-state index contributed by atoms with van der Waals surface area (Å²) in [6, 6.07) is 25.2. The molecule has 0 radical (unpaired) electrons. The number of carbonyl (C=O) groups excluding carboxylic acids is 2. The van der Waals surface area contributed by atoms with Crippen LogP contribution in [0.25, 0.3) is 0 Å². The SMILES string of the molecule is CC(C)(C)c1cc(NC(=O)CCl)on1.CC(C)(C)c1cc(NC(=O)CNc2ccc(Oc3ccncc3)cc2)on1.Nc1ccc(Oc2ccncc2)cc1. The lowest BCUT2D eigenvalue weighted by molar-refractivity contribution is -0.115. The Morgan fingerprint density at radius 3 is 1.44 bits per heavy atom. The Labute approximate surface area is 324 Å². The second-order valence-electron chi connectivity index (χ2n) is 13.9. The van der Waals surface area contributed by atoms with Gasteiger partial charge in [0, 0.05) is 59.1 Å². The van der Waals surface area contributed by atoms with Crippen LogP contribution in [0.15, 0.2) is 119 Å². The van der Waals surface area contributed by atoms with Crippen LogP contribution in [0.4, 0.5) is 23.1 Å². The Bertz CT molecular complexity index is 2060. The van der Waals surface area contributed by atoms with Crippen molar-refractivity contribution in [1.29, 1.82) is 0 Å². The van der Waals surface area contributed by atoms with Gasteiger partial charge in [0.1, 0.15) is 28.9 Å². The van der Waals surface area contributed by atoms with E-state index in [9.17, 15) is 9.59 Å². The first-order chi connectivity index (χ1) is 26.2. The highest BCUT2D eigenvalue weighted by Gasteiger charge is 2.20. The first kappa shape index (κ1) is 41.3. The number of ether oxygens (including phenoxy) is 2. The number of halogens is 1. The molecule has 14 nitrogen and oxygen atoms in total. The topological polar surface area (TPSA) is 193 Å². The lowest BCUT2D eigenvalue weighted by Crippen LogP contribution is -2.21. The first-order valence-corrected chi connectivity index (χ1v) is 17.7. The quantitative estimate of drug-likeness (QED) is 0.0766. The minimum absolute atomic E-state index is 0.0898. The Morgan fingerprint density at radius 2 is 1.04 bits per heavy atom. The number of nitrogens with one attached hydrogen (secondary N) is 3. The van der Waals surface area contributed by atoms with Gasteiger partial charge in [-0.2, -0.15) is 0 Å². The number of benzene rings is 2. The van der Waals surface area contributed by atoms with Gasteiger partial charge >= 0.3 is 0 Å². The lowest BCUT2D eigenvalue weighted by Gasteiger charge is -2.12. The molecule has 0 bridgehead atoms. The predicted molar refractivity (Wildman–Crippen MR) is 213 cm³/mol. The third-order valence-corrected chi connectivity index (χ3v) is 7.40. The molecule has 2 aromatic carbocycles. The fourth-order valence-electron chi connectivity index (χ4n) is 4.17. The number of carbonyl (C=O) groups is 2. The van der Waals surface area contributed by atoms with Gasteiger partial charge in [0.15, 0.2) is 0 Å². The van der Waals surface area contributed by atoms with Crippen LogP contribution in [-0.2, 0) is 20.4 Å². The average Bonchev–Trinajstić information content (AvgIpc) is 3.84. The number of nitrogen functional groups attached to an aromatic ring is 1. The molecule has 0 atom stereocenters. The molecular weight excluding hydrogens is 724 g/mol. The summed E-state index contributed by atoms with van der Waals surface area (Å²) in [5.41, 5.74) is 8.45. The van der Waals surface area contributed by atoms with E-state index in [2.05, 4.69) is 36.2 Å². The summed E-state index contributed by atoms with van der Waals surface area (Å²) < 4.78 is 21.3. The molecule has 15 heteroatoms. The number of pyridine rings is 2. The summed E-state index contributed by atoms with van der Waals surface area (Å²) >= 11 is 5.32. The molecule has 6 aromatic rings. The van der Waals surface area contributed by atoms with Crippen LogP contribution < -0.4 is 31.2 Å². The van der Waals surface area contributed by atoms with Gasteiger partial charge in [0.2, 0.25) is 23.6 Å². The number of rotatable bonds is 10. The Morgan fingerprint density at radius 1 is 0.636 bits per heavy atom. The maximum atomic E-state index is 12.1. The zero-order valence-corrected chi connectivity index (χ0v) is 32.3. The maximum absolute atomic E-state index is 12.1. The van der Waals surface area contributed by atoms with E-state index in [-0.39, 0.29) is 35.1 Å². The molecule has 4 aromatic heterocycles.